The van der Waals surface area contributed by atoms with Crippen LogP contribution in [0.1, 0.15) is 31.7 Å². The van der Waals surface area contributed by atoms with E-state index in [4.69, 9.17) is 0 Å². The van der Waals surface area contributed by atoms with Crippen LogP contribution >= 0.6 is 12.4 Å². The average Bonchev–Trinajstić information content (AvgIpc) is 2.54. The molecule has 0 saturated carbocycles. The first-order valence-electron chi connectivity index (χ1n) is 8.05. The molecular weight excluding hydrogens is 338 g/mol. The lowest BCUT2D eigenvalue weighted by atomic mass is 9.85. The molecule has 1 fully saturated rings. The summed E-state index contributed by atoms with van der Waals surface area (Å²) in [5.74, 6) is 1.05. The predicted molar refractivity (Wildman–Crippen MR) is 91.5 cm³/mol. The van der Waals surface area contributed by atoms with Crippen LogP contribution in [0.5, 0.6) is 5.75 Å². The number of amides is 1. The molecule has 1 amide bonds. The normalized spacial score (nSPS) is 18.6. The zero-order chi connectivity index (χ0) is 16.7. The Morgan fingerprint density at radius 2 is 2.08 bits per heavy atom. The highest BCUT2D eigenvalue weighted by molar-refractivity contribution is 5.85. The molecule has 2 atom stereocenters. The van der Waals surface area contributed by atoms with Crippen molar-refractivity contribution >= 4 is 18.3 Å². The number of ether oxygens (including phenoxy) is 1. The molecule has 2 unspecified atom stereocenters. The fourth-order valence-corrected chi connectivity index (χ4v) is 2.89. The second-order valence-electron chi connectivity index (χ2n) is 6.09. The molecule has 1 saturated heterocycles. The van der Waals surface area contributed by atoms with E-state index in [1.807, 2.05) is 0 Å². The van der Waals surface area contributed by atoms with Crippen LogP contribution in [-0.4, -0.2) is 25.6 Å². The van der Waals surface area contributed by atoms with Crippen molar-refractivity contribution in [1.29, 1.82) is 0 Å². The molecule has 2 rings (SSSR count). The zero-order valence-corrected chi connectivity index (χ0v) is 14.6. The molecule has 1 aliphatic heterocycles. The summed E-state index contributed by atoms with van der Waals surface area (Å²) in [6.45, 7) is 1.74. The van der Waals surface area contributed by atoms with Crippen molar-refractivity contribution in [2.75, 3.05) is 13.1 Å². The molecule has 2 N–H and O–H groups in total. The fraction of sp³-hybridized carbons (Fsp3) is 0.588. The van der Waals surface area contributed by atoms with E-state index in [2.05, 4.69) is 22.3 Å². The van der Waals surface area contributed by atoms with E-state index >= 15 is 0 Å². The third-order valence-corrected chi connectivity index (χ3v) is 4.29. The van der Waals surface area contributed by atoms with Gasteiger partial charge in [-0.25, -0.2) is 0 Å². The van der Waals surface area contributed by atoms with Crippen LogP contribution in [0, 0.1) is 11.8 Å². The van der Waals surface area contributed by atoms with Gasteiger partial charge in [0.25, 0.3) is 0 Å². The smallest absolute Gasteiger partial charge is 0.387 e. The van der Waals surface area contributed by atoms with Crippen LogP contribution in [0.2, 0.25) is 0 Å². The Morgan fingerprint density at radius 3 is 2.67 bits per heavy atom. The summed E-state index contributed by atoms with van der Waals surface area (Å²) in [7, 11) is 0. The Bertz CT molecular complexity index is 494. The largest absolute Gasteiger partial charge is 0.435 e. The Balaban J connectivity index is 0.00000288. The number of piperidine rings is 1. The van der Waals surface area contributed by atoms with Gasteiger partial charge in [-0.05, 0) is 55.5 Å². The number of nitrogens with one attached hydrogen (secondary N) is 2. The average molecular weight is 363 g/mol. The number of rotatable bonds is 7. The first-order chi connectivity index (χ1) is 11.0. The fourth-order valence-electron chi connectivity index (χ4n) is 2.89. The lowest BCUT2D eigenvalue weighted by molar-refractivity contribution is -0.122. The van der Waals surface area contributed by atoms with E-state index in [1.54, 1.807) is 12.1 Å². The maximum Gasteiger partial charge on any atom is 0.387 e. The molecular formula is C17H25ClF2N2O2. The number of benzene rings is 1. The van der Waals surface area contributed by atoms with E-state index in [-0.39, 0.29) is 24.1 Å². The minimum atomic E-state index is -2.82. The lowest BCUT2D eigenvalue weighted by Gasteiger charge is -2.28. The first kappa shape index (κ1) is 20.6. The SMILES string of the molecule is CC(CC(=O)NCc1ccc(OC(F)F)cc1)C1CCCNC1.Cl. The van der Waals surface area contributed by atoms with Gasteiger partial charge in [0.05, 0.1) is 0 Å². The van der Waals surface area contributed by atoms with Gasteiger partial charge in [0.2, 0.25) is 5.91 Å². The van der Waals surface area contributed by atoms with Crippen molar-refractivity contribution in [3.63, 3.8) is 0 Å². The molecule has 0 aliphatic carbocycles. The Kier molecular flexibility index (Phi) is 9.00. The number of halogens is 3. The summed E-state index contributed by atoms with van der Waals surface area (Å²) < 4.78 is 28.4. The highest BCUT2D eigenvalue weighted by Crippen LogP contribution is 2.22. The molecule has 1 aromatic carbocycles. The highest BCUT2D eigenvalue weighted by atomic mass is 35.5. The van der Waals surface area contributed by atoms with Gasteiger partial charge in [-0.2, -0.15) is 8.78 Å². The van der Waals surface area contributed by atoms with E-state index in [1.165, 1.54) is 25.0 Å². The molecule has 136 valence electrons. The van der Waals surface area contributed by atoms with Crippen molar-refractivity contribution in [3.8, 4) is 5.75 Å². The van der Waals surface area contributed by atoms with Crippen molar-refractivity contribution in [2.45, 2.75) is 39.3 Å². The van der Waals surface area contributed by atoms with Gasteiger partial charge in [-0.15, -0.1) is 12.4 Å². The standard InChI is InChI=1S/C17H24F2N2O2.ClH/c1-12(14-3-2-8-20-11-14)9-16(22)21-10-13-4-6-15(7-5-13)23-17(18)19;/h4-7,12,14,17,20H,2-3,8-11H2,1H3,(H,21,22);1H. The second kappa shape index (κ2) is 10.5. The monoisotopic (exact) mass is 362 g/mol. The number of hydrogen-bond acceptors (Lipinski definition) is 3. The summed E-state index contributed by atoms with van der Waals surface area (Å²) in [6, 6.07) is 6.30. The van der Waals surface area contributed by atoms with Crippen molar-refractivity contribution in [2.24, 2.45) is 11.8 Å². The molecule has 0 radical (unpaired) electrons. The second-order valence-corrected chi connectivity index (χ2v) is 6.09. The zero-order valence-electron chi connectivity index (χ0n) is 13.8. The van der Waals surface area contributed by atoms with E-state index in [0.717, 1.165) is 18.7 Å². The number of hydrogen-bond donors (Lipinski definition) is 2. The van der Waals surface area contributed by atoms with Crippen LogP contribution < -0.4 is 15.4 Å². The molecule has 1 heterocycles. The summed E-state index contributed by atoms with van der Waals surface area (Å²) >= 11 is 0. The summed E-state index contributed by atoms with van der Waals surface area (Å²) in [5.41, 5.74) is 0.854. The molecule has 1 aromatic rings. The van der Waals surface area contributed by atoms with Gasteiger partial charge in [0.15, 0.2) is 0 Å². The minimum Gasteiger partial charge on any atom is -0.435 e. The molecule has 0 bridgehead atoms. The van der Waals surface area contributed by atoms with Crippen LogP contribution in [0.25, 0.3) is 0 Å². The summed E-state index contributed by atoms with van der Waals surface area (Å²) in [4.78, 5) is 12.0. The van der Waals surface area contributed by atoms with Crippen LogP contribution in [0.4, 0.5) is 8.78 Å². The van der Waals surface area contributed by atoms with E-state index in [0.29, 0.717) is 24.8 Å². The third kappa shape index (κ3) is 7.01. The van der Waals surface area contributed by atoms with Gasteiger partial charge < -0.3 is 15.4 Å². The molecule has 0 spiro atoms. The summed E-state index contributed by atoms with van der Waals surface area (Å²) in [6.07, 6.45) is 2.86. The molecule has 24 heavy (non-hydrogen) atoms. The van der Waals surface area contributed by atoms with Crippen LogP contribution in [-0.2, 0) is 11.3 Å². The Hall–Kier alpha value is -1.40. The number of carbonyl (C=O) groups excluding carboxylic acids is 1. The van der Waals surface area contributed by atoms with Crippen LogP contribution in [0.3, 0.4) is 0 Å². The maximum absolute atomic E-state index is 12.1. The molecule has 4 nitrogen and oxygen atoms in total. The van der Waals surface area contributed by atoms with E-state index in [9.17, 15) is 13.6 Å². The predicted octanol–water partition coefficient (Wildman–Crippen LogP) is 3.35. The van der Waals surface area contributed by atoms with Gasteiger partial charge in [0.1, 0.15) is 5.75 Å². The van der Waals surface area contributed by atoms with Crippen molar-refractivity contribution in [3.05, 3.63) is 29.8 Å². The molecule has 7 heteroatoms. The summed E-state index contributed by atoms with van der Waals surface area (Å²) in [5, 5.41) is 6.25. The number of carbonyl (C=O) groups is 1. The van der Waals surface area contributed by atoms with E-state index < -0.39 is 6.61 Å². The van der Waals surface area contributed by atoms with Gasteiger partial charge in [-0.3, -0.25) is 4.79 Å². The number of alkyl halides is 2. The highest BCUT2D eigenvalue weighted by Gasteiger charge is 2.21. The molecule has 1 aliphatic rings. The lowest BCUT2D eigenvalue weighted by Crippen LogP contribution is -2.35. The van der Waals surface area contributed by atoms with Gasteiger partial charge in [-0.1, -0.05) is 19.1 Å². The van der Waals surface area contributed by atoms with Crippen molar-refractivity contribution < 1.29 is 18.3 Å². The Labute approximate surface area is 147 Å². The molecule has 0 aromatic heterocycles. The topological polar surface area (TPSA) is 50.4 Å². The quantitative estimate of drug-likeness (QED) is 0.782. The third-order valence-electron chi connectivity index (χ3n) is 4.29. The first-order valence-corrected chi connectivity index (χ1v) is 8.05. The van der Waals surface area contributed by atoms with Gasteiger partial charge in [0, 0.05) is 13.0 Å². The minimum absolute atomic E-state index is 0. The van der Waals surface area contributed by atoms with Gasteiger partial charge >= 0.3 is 6.61 Å². The maximum atomic E-state index is 12.1. The van der Waals surface area contributed by atoms with Crippen LogP contribution in [0.15, 0.2) is 24.3 Å². The Morgan fingerprint density at radius 1 is 1.38 bits per heavy atom. The van der Waals surface area contributed by atoms with Crippen molar-refractivity contribution in [1.82, 2.24) is 10.6 Å².